The number of hydrogen-bond acceptors (Lipinski definition) is 3. The Morgan fingerprint density at radius 2 is 1.93 bits per heavy atom. The van der Waals surface area contributed by atoms with E-state index in [0.29, 0.717) is 0 Å². The van der Waals surface area contributed by atoms with E-state index in [0.717, 1.165) is 59.2 Å². The molecule has 1 atom stereocenters. The third-order valence-corrected chi connectivity index (χ3v) is 5.41. The molecule has 27 heavy (non-hydrogen) atoms. The lowest BCUT2D eigenvalue weighted by atomic mass is 10.1. The SMILES string of the molecule is O=C(Nc1ccc2nc(NC3CCc4cc(F)ccc43)ccc2c1)C1CC1. The van der Waals surface area contributed by atoms with Crippen molar-refractivity contribution in [3.63, 3.8) is 0 Å². The molecular formula is C22H20FN3O. The molecule has 0 aliphatic heterocycles. The normalized spacial score (nSPS) is 18.3. The van der Waals surface area contributed by atoms with Gasteiger partial charge in [0.15, 0.2) is 0 Å². The minimum Gasteiger partial charge on any atom is -0.363 e. The number of carbonyl (C=O) groups is 1. The van der Waals surface area contributed by atoms with Crippen LogP contribution in [-0.2, 0) is 11.2 Å². The van der Waals surface area contributed by atoms with Crippen LogP contribution in [0.4, 0.5) is 15.9 Å². The van der Waals surface area contributed by atoms with Crippen LogP contribution < -0.4 is 10.6 Å². The van der Waals surface area contributed by atoms with E-state index in [1.807, 2.05) is 36.4 Å². The molecular weight excluding hydrogens is 341 g/mol. The molecule has 1 fully saturated rings. The maximum Gasteiger partial charge on any atom is 0.227 e. The second-order valence-corrected chi connectivity index (χ2v) is 7.45. The molecule has 0 saturated heterocycles. The predicted molar refractivity (Wildman–Crippen MR) is 104 cm³/mol. The molecule has 0 bridgehead atoms. The summed E-state index contributed by atoms with van der Waals surface area (Å²) in [6.45, 7) is 0. The maximum absolute atomic E-state index is 13.4. The number of nitrogens with zero attached hydrogens (tertiary/aromatic N) is 1. The van der Waals surface area contributed by atoms with E-state index >= 15 is 0 Å². The third kappa shape index (κ3) is 3.25. The number of carbonyl (C=O) groups excluding carboxylic acids is 1. The van der Waals surface area contributed by atoms with Crippen LogP contribution in [0.1, 0.15) is 36.4 Å². The number of aryl methyl sites for hydroxylation is 1. The van der Waals surface area contributed by atoms with Gasteiger partial charge in [-0.3, -0.25) is 4.79 Å². The van der Waals surface area contributed by atoms with Crippen molar-refractivity contribution in [2.45, 2.75) is 31.7 Å². The molecule has 0 spiro atoms. The summed E-state index contributed by atoms with van der Waals surface area (Å²) in [5.41, 5.74) is 3.91. The summed E-state index contributed by atoms with van der Waals surface area (Å²) in [7, 11) is 0. The van der Waals surface area contributed by atoms with Gasteiger partial charge in [-0.05, 0) is 79.3 Å². The molecule has 2 aromatic carbocycles. The van der Waals surface area contributed by atoms with E-state index in [1.54, 1.807) is 6.07 Å². The first kappa shape index (κ1) is 16.2. The average Bonchev–Trinajstić information content (AvgIpc) is 3.45. The number of aromatic nitrogens is 1. The lowest BCUT2D eigenvalue weighted by Crippen LogP contribution is -2.13. The van der Waals surface area contributed by atoms with Crippen molar-refractivity contribution >= 4 is 28.3 Å². The molecule has 5 heteroatoms. The molecule has 1 unspecified atom stereocenters. The number of pyridine rings is 1. The first-order valence-corrected chi connectivity index (χ1v) is 9.42. The number of nitrogens with one attached hydrogen (secondary N) is 2. The molecule has 2 aliphatic carbocycles. The monoisotopic (exact) mass is 361 g/mol. The minimum absolute atomic E-state index is 0.108. The molecule has 2 aliphatic rings. The van der Waals surface area contributed by atoms with E-state index in [1.165, 1.54) is 6.07 Å². The summed E-state index contributed by atoms with van der Waals surface area (Å²) >= 11 is 0. The van der Waals surface area contributed by atoms with Gasteiger partial charge in [-0.15, -0.1) is 0 Å². The molecule has 1 saturated carbocycles. The molecule has 1 aromatic heterocycles. The molecule has 4 nitrogen and oxygen atoms in total. The van der Waals surface area contributed by atoms with Crippen molar-refractivity contribution < 1.29 is 9.18 Å². The lowest BCUT2D eigenvalue weighted by molar-refractivity contribution is -0.117. The number of fused-ring (bicyclic) bond motifs is 2. The largest absolute Gasteiger partial charge is 0.363 e. The number of amides is 1. The Balaban J connectivity index is 1.35. The van der Waals surface area contributed by atoms with Gasteiger partial charge < -0.3 is 10.6 Å². The molecule has 1 heterocycles. The van der Waals surface area contributed by atoms with Gasteiger partial charge in [0.05, 0.1) is 11.6 Å². The summed E-state index contributed by atoms with van der Waals surface area (Å²) in [5, 5.41) is 7.44. The van der Waals surface area contributed by atoms with E-state index in [9.17, 15) is 9.18 Å². The highest BCUT2D eigenvalue weighted by Crippen LogP contribution is 2.34. The summed E-state index contributed by atoms with van der Waals surface area (Å²) in [6, 6.07) is 14.9. The van der Waals surface area contributed by atoms with Crippen LogP contribution in [0.5, 0.6) is 0 Å². The quantitative estimate of drug-likeness (QED) is 0.700. The second-order valence-electron chi connectivity index (χ2n) is 7.45. The van der Waals surface area contributed by atoms with Gasteiger partial charge >= 0.3 is 0 Å². The van der Waals surface area contributed by atoms with E-state index in [4.69, 9.17) is 4.98 Å². The Bertz CT molecular complexity index is 1040. The zero-order chi connectivity index (χ0) is 18.4. The summed E-state index contributed by atoms with van der Waals surface area (Å²) in [5.74, 6) is 0.923. The maximum atomic E-state index is 13.4. The first-order chi connectivity index (χ1) is 13.2. The molecule has 3 aromatic rings. The van der Waals surface area contributed by atoms with Crippen molar-refractivity contribution in [2.24, 2.45) is 5.92 Å². The van der Waals surface area contributed by atoms with E-state index in [2.05, 4.69) is 10.6 Å². The van der Waals surface area contributed by atoms with Crippen LogP contribution in [0.25, 0.3) is 10.9 Å². The summed E-state index contributed by atoms with van der Waals surface area (Å²) < 4.78 is 13.4. The smallest absolute Gasteiger partial charge is 0.227 e. The minimum atomic E-state index is -0.178. The fourth-order valence-electron chi connectivity index (χ4n) is 3.79. The number of anilines is 2. The number of benzene rings is 2. The highest BCUT2D eigenvalue weighted by molar-refractivity contribution is 5.96. The fourth-order valence-corrected chi connectivity index (χ4v) is 3.79. The van der Waals surface area contributed by atoms with Gasteiger partial charge in [0, 0.05) is 17.0 Å². The molecule has 5 rings (SSSR count). The van der Waals surface area contributed by atoms with Crippen molar-refractivity contribution in [1.82, 2.24) is 4.98 Å². The fraction of sp³-hybridized carbons (Fsp3) is 0.273. The number of hydrogen-bond donors (Lipinski definition) is 2. The topological polar surface area (TPSA) is 54.0 Å². The second kappa shape index (κ2) is 6.34. The van der Waals surface area contributed by atoms with Gasteiger partial charge in [-0.2, -0.15) is 0 Å². The van der Waals surface area contributed by atoms with Crippen LogP contribution in [-0.4, -0.2) is 10.9 Å². The Morgan fingerprint density at radius 3 is 2.78 bits per heavy atom. The third-order valence-electron chi connectivity index (χ3n) is 5.41. The van der Waals surface area contributed by atoms with Crippen molar-refractivity contribution in [1.29, 1.82) is 0 Å². The van der Waals surface area contributed by atoms with Crippen LogP contribution in [0, 0.1) is 11.7 Å². The zero-order valence-corrected chi connectivity index (χ0v) is 14.8. The van der Waals surface area contributed by atoms with Crippen LogP contribution in [0.3, 0.4) is 0 Å². The van der Waals surface area contributed by atoms with E-state index < -0.39 is 0 Å². The summed E-state index contributed by atoms with van der Waals surface area (Å²) in [4.78, 5) is 16.6. The Kier molecular flexibility index (Phi) is 3.81. The molecule has 1 amide bonds. The van der Waals surface area contributed by atoms with Crippen molar-refractivity contribution in [3.8, 4) is 0 Å². The van der Waals surface area contributed by atoms with Gasteiger partial charge in [0.1, 0.15) is 11.6 Å². The van der Waals surface area contributed by atoms with E-state index in [-0.39, 0.29) is 23.7 Å². The number of halogens is 1. The summed E-state index contributed by atoms with van der Waals surface area (Å²) in [6.07, 6.45) is 3.80. The number of rotatable bonds is 4. The average molecular weight is 361 g/mol. The van der Waals surface area contributed by atoms with Gasteiger partial charge in [-0.25, -0.2) is 9.37 Å². The zero-order valence-electron chi connectivity index (χ0n) is 14.8. The predicted octanol–water partition coefficient (Wildman–Crippen LogP) is 4.82. The van der Waals surface area contributed by atoms with Crippen LogP contribution in [0.15, 0.2) is 48.5 Å². The molecule has 2 N–H and O–H groups in total. The van der Waals surface area contributed by atoms with Crippen LogP contribution >= 0.6 is 0 Å². The van der Waals surface area contributed by atoms with Gasteiger partial charge in [0.25, 0.3) is 0 Å². The van der Waals surface area contributed by atoms with Crippen LogP contribution in [0.2, 0.25) is 0 Å². The molecule has 0 radical (unpaired) electrons. The first-order valence-electron chi connectivity index (χ1n) is 9.42. The van der Waals surface area contributed by atoms with Crippen molar-refractivity contribution in [3.05, 3.63) is 65.5 Å². The highest BCUT2D eigenvalue weighted by Gasteiger charge is 2.29. The highest BCUT2D eigenvalue weighted by atomic mass is 19.1. The van der Waals surface area contributed by atoms with Crippen molar-refractivity contribution in [2.75, 3.05) is 10.6 Å². The standard InChI is InChI=1S/C22H20FN3O/c23-16-5-7-18-14(11-16)3-8-20(18)26-21-10-4-15-12-17(6-9-19(15)25-21)24-22(27)13-1-2-13/h4-7,9-13,20H,1-3,8H2,(H,24,27)(H,25,26). The van der Waals surface area contributed by atoms with Gasteiger partial charge in [0.2, 0.25) is 5.91 Å². The Hall–Kier alpha value is -2.95. The van der Waals surface area contributed by atoms with Gasteiger partial charge in [-0.1, -0.05) is 6.07 Å². The Labute approximate surface area is 156 Å². The molecule has 136 valence electrons. The lowest BCUT2D eigenvalue weighted by Gasteiger charge is -2.15. The Morgan fingerprint density at radius 1 is 1.04 bits per heavy atom.